The zero-order chi connectivity index (χ0) is 17.2. The molecule has 1 saturated carbocycles. The molecule has 4 heteroatoms. The summed E-state index contributed by atoms with van der Waals surface area (Å²) in [6.45, 7) is 3.15. The third kappa shape index (κ3) is 5.99. The molecule has 0 unspecified atom stereocenters. The molecule has 0 spiro atoms. The average molecular weight is 330 g/mol. The number of benzene rings is 1. The van der Waals surface area contributed by atoms with E-state index in [9.17, 15) is 9.59 Å². The van der Waals surface area contributed by atoms with Gasteiger partial charge in [-0.25, -0.2) is 0 Å². The minimum atomic E-state index is 0.119. The van der Waals surface area contributed by atoms with Gasteiger partial charge in [-0.3, -0.25) is 9.59 Å². The zero-order valence-corrected chi connectivity index (χ0v) is 14.8. The van der Waals surface area contributed by atoms with Gasteiger partial charge in [0.05, 0.1) is 0 Å². The highest BCUT2D eigenvalue weighted by Crippen LogP contribution is 2.28. The van der Waals surface area contributed by atoms with Crippen molar-refractivity contribution in [3.8, 4) is 0 Å². The van der Waals surface area contributed by atoms with E-state index < -0.39 is 0 Å². The van der Waals surface area contributed by atoms with E-state index in [2.05, 4.69) is 5.32 Å². The minimum absolute atomic E-state index is 0.119. The first-order valence-corrected chi connectivity index (χ1v) is 9.32. The molecular formula is C20H30N2O2. The van der Waals surface area contributed by atoms with Gasteiger partial charge < -0.3 is 10.2 Å². The van der Waals surface area contributed by atoms with E-state index in [1.165, 1.54) is 25.7 Å². The molecule has 2 amide bonds. The number of amides is 2. The van der Waals surface area contributed by atoms with Crippen LogP contribution in [0.2, 0.25) is 0 Å². The van der Waals surface area contributed by atoms with Crippen molar-refractivity contribution in [2.75, 3.05) is 18.0 Å². The molecule has 0 heterocycles. The molecule has 0 atom stereocenters. The van der Waals surface area contributed by atoms with Gasteiger partial charge in [0.1, 0.15) is 0 Å². The lowest BCUT2D eigenvalue weighted by atomic mass is 10.0. The summed E-state index contributed by atoms with van der Waals surface area (Å²) in [6, 6.07) is 9.73. The normalized spacial score (nSPS) is 14.5. The largest absolute Gasteiger partial charge is 0.356 e. The highest BCUT2D eigenvalue weighted by Gasteiger charge is 2.16. The Hall–Kier alpha value is -1.84. The van der Waals surface area contributed by atoms with Crippen LogP contribution in [0.3, 0.4) is 0 Å². The van der Waals surface area contributed by atoms with Gasteiger partial charge in [0, 0.05) is 31.6 Å². The summed E-state index contributed by atoms with van der Waals surface area (Å²) < 4.78 is 0. The molecule has 1 aliphatic rings. The van der Waals surface area contributed by atoms with Crippen LogP contribution in [0, 0.1) is 5.92 Å². The Labute approximate surface area is 145 Å². The van der Waals surface area contributed by atoms with Crippen LogP contribution < -0.4 is 10.2 Å². The molecule has 0 aliphatic heterocycles. The summed E-state index contributed by atoms with van der Waals surface area (Å²) in [5.41, 5.74) is 0.928. The summed E-state index contributed by atoms with van der Waals surface area (Å²) in [4.78, 5) is 25.9. The summed E-state index contributed by atoms with van der Waals surface area (Å²) in [5, 5.41) is 2.99. The van der Waals surface area contributed by atoms with Gasteiger partial charge in [-0.1, -0.05) is 50.8 Å². The van der Waals surface area contributed by atoms with E-state index in [1.54, 1.807) is 0 Å². The molecule has 0 radical (unpaired) electrons. The highest BCUT2D eigenvalue weighted by molar-refractivity contribution is 5.93. The van der Waals surface area contributed by atoms with E-state index in [0.29, 0.717) is 25.9 Å². The number of anilines is 1. The minimum Gasteiger partial charge on any atom is -0.356 e. The van der Waals surface area contributed by atoms with Gasteiger partial charge in [0.25, 0.3) is 0 Å². The average Bonchev–Trinajstić information content (AvgIpc) is 3.13. The van der Waals surface area contributed by atoms with Gasteiger partial charge in [-0.2, -0.15) is 0 Å². The van der Waals surface area contributed by atoms with Crippen molar-refractivity contribution < 1.29 is 9.59 Å². The molecule has 4 nitrogen and oxygen atoms in total. The molecular weight excluding hydrogens is 300 g/mol. The van der Waals surface area contributed by atoms with Crippen LogP contribution in [0.5, 0.6) is 0 Å². The molecule has 1 N–H and O–H groups in total. The molecule has 1 aromatic rings. The van der Waals surface area contributed by atoms with Crippen LogP contribution in [0.1, 0.15) is 58.3 Å². The molecule has 1 fully saturated rings. The van der Waals surface area contributed by atoms with Crippen molar-refractivity contribution in [2.45, 2.75) is 58.3 Å². The Balaban J connectivity index is 1.68. The van der Waals surface area contributed by atoms with Crippen LogP contribution in [0.25, 0.3) is 0 Å². The zero-order valence-electron chi connectivity index (χ0n) is 14.8. The summed E-state index contributed by atoms with van der Waals surface area (Å²) in [7, 11) is 0. The standard InChI is InChI=1S/C20H30N2O2/c1-2-20(24)22(18-11-4-3-5-12-18)16-8-15-21-19(23)14-13-17-9-6-7-10-17/h3-5,11-12,17H,2,6-10,13-16H2,1H3,(H,21,23). The maximum Gasteiger partial charge on any atom is 0.226 e. The Morgan fingerprint density at radius 3 is 2.54 bits per heavy atom. The lowest BCUT2D eigenvalue weighted by Gasteiger charge is -2.22. The first-order chi connectivity index (χ1) is 11.7. The van der Waals surface area contributed by atoms with Crippen molar-refractivity contribution in [1.82, 2.24) is 5.32 Å². The Morgan fingerprint density at radius 1 is 1.17 bits per heavy atom. The summed E-state index contributed by atoms with van der Waals surface area (Å²) >= 11 is 0. The second kappa shape index (κ2) is 10.1. The number of carbonyl (C=O) groups is 2. The van der Waals surface area contributed by atoms with Crippen LogP contribution in [0.4, 0.5) is 5.69 Å². The Kier molecular flexibility index (Phi) is 7.80. The number of carbonyl (C=O) groups excluding carboxylic acids is 2. The maximum absolute atomic E-state index is 12.1. The van der Waals surface area contributed by atoms with E-state index in [4.69, 9.17) is 0 Å². The fourth-order valence-corrected chi connectivity index (χ4v) is 3.38. The topological polar surface area (TPSA) is 49.4 Å². The van der Waals surface area contributed by atoms with Crippen molar-refractivity contribution in [2.24, 2.45) is 5.92 Å². The molecule has 24 heavy (non-hydrogen) atoms. The monoisotopic (exact) mass is 330 g/mol. The predicted molar refractivity (Wildman–Crippen MR) is 97.9 cm³/mol. The highest BCUT2D eigenvalue weighted by atomic mass is 16.2. The third-order valence-electron chi connectivity index (χ3n) is 4.81. The quantitative estimate of drug-likeness (QED) is 0.698. The van der Waals surface area contributed by atoms with E-state index in [1.807, 2.05) is 42.2 Å². The predicted octanol–water partition coefficient (Wildman–Crippen LogP) is 3.91. The molecule has 0 saturated heterocycles. The van der Waals surface area contributed by atoms with E-state index in [0.717, 1.165) is 24.4 Å². The molecule has 0 aromatic heterocycles. The fourth-order valence-electron chi connectivity index (χ4n) is 3.38. The Morgan fingerprint density at radius 2 is 1.88 bits per heavy atom. The van der Waals surface area contributed by atoms with Gasteiger partial charge in [0.15, 0.2) is 0 Å². The lowest BCUT2D eigenvalue weighted by molar-refractivity contribution is -0.121. The summed E-state index contributed by atoms with van der Waals surface area (Å²) in [6.07, 6.45) is 8.16. The van der Waals surface area contributed by atoms with E-state index in [-0.39, 0.29) is 11.8 Å². The van der Waals surface area contributed by atoms with Crippen molar-refractivity contribution >= 4 is 17.5 Å². The van der Waals surface area contributed by atoms with Crippen LogP contribution in [-0.4, -0.2) is 24.9 Å². The second-order valence-corrected chi connectivity index (χ2v) is 6.63. The number of nitrogens with zero attached hydrogens (tertiary/aromatic N) is 1. The van der Waals surface area contributed by atoms with E-state index >= 15 is 0 Å². The Bertz CT molecular complexity index is 510. The number of hydrogen-bond acceptors (Lipinski definition) is 2. The first kappa shape index (κ1) is 18.5. The maximum atomic E-state index is 12.1. The first-order valence-electron chi connectivity index (χ1n) is 9.32. The number of para-hydroxylation sites is 1. The third-order valence-corrected chi connectivity index (χ3v) is 4.81. The van der Waals surface area contributed by atoms with Crippen molar-refractivity contribution in [1.29, 1.82) is 0 Å². The molecule has 132 valence electrons. The van der Waals surface area contributed by atoms with Crippen LogP contribution in [-0.2, 0) is 9.59 Å². The molecule has 0 bridgehead atoms. The second-order valence-electron chi connectivity index (χ2n) is 6.63. The lowest BCUT2D eigenvalue weighted by Crippen LogP contribution is -2.34. The molecule has 1 aliphatic carbocycles. The van der Waals surface area contributed by atoms with Crippen LogP contribution >= 0.6 is 0 Å². The SMILES string of the molecule is CCC(=O)N(CCCNC(=O)CCC1CCCC1)c1ccccc1. The fraction of sp³-hybridized carbons (Fsp3) is 0.600. The van der Waals surface area contributed by atoms with Crippen molar-refractivity contribution in [3.05, 3.63) is 30.3 Å². The number of nitrogens with one attached hydrogen (secondary N) is 1. The van der Waals surface area contributed by atoms with Gasteiger partial charge in [-0.05, 0) is 30.9 Å². The smallest absolute Gasteiger partial charge is 0.226 e. The number of hydrogen-bond donors (Lipinski definition) is 1. The summed E-state index contributed by atoms with van der Waals surface area (Å²) in [5.74, 6) is 1.02. The van der Waals surface area contributed by atoms with Gasteiger partial charge in [0.2, 0.25) is 11.8 Å². The van der Waals surface area contributed by atoms with Gasteiger partial charge >= 0.3 is 0 Å². The molecule has 2 rings (SSSR count). The van der Waals surface area contributed by atoms with Crippen molar-refractivity contribution in [3.63, 3.8) is 0 Å². The van der Waals surface area contributed by atoms with Gasteiger partial charge in [-0.15, -0.1) is 0 Å². The molecule has 1 aromatic carbocycles. The number of rotatable bonds is 9. The van der Waals surface area contributed by atoms with Crippen LogP contribution in [0.15, 0.2) is 30.3 Å².